The minimum absolute atomic E-state index is 0.0876. The Morgan fingerprint density at radius 1 is 1.16 bits per heavy atom. The number of hydrogen-bond donors (Lipinski definition) is 4. The molecule has 3 heterocycles. The van der Waals surface area contributed by atoms with Crippen molar-refractivity contribution in [2.45, 2.75) is 25.4 Å². The van der Waals surface area contributed by atoms with Crippen molar-refractivity contribution in [3.8, 4) is 17.1 Å². The van der Waals surface area contributed by atoms with E-state index in [-0.39, 0.29) is 35.1 Å². The van der Waals surface area contributed by atoms with Crippen molar-refractivity contribution in [1.29, 1.82) is 0 Å². The van der Waals surface area contributed by atoms with Gasteiger partial charge in [-0.15, -0.1) is 10.2 Å². The van der Waals surface area contributed by atoms with Crippen molar-refractivity contribution < 1.29 is 23.5 Å². The van der Waals surface area contributed by atoms with E-state index in [0.717, 1.165) is 18.5 Å². The molecule has 2 fully saturated rings. The van der Waals surface area contributed by atoms with Gasteiger partial charge in [-0.25, -0.2) is 9.97 Å². The summed E-state index contributed by atoms with van der Waals surface area (Å²) in [6.45, 7) is -1.51. The van der Waals surface area contributed by atoms with Gasteiger partial charge in [0, 0.05) is 36.2 Å². The van der Waals surface area contributed by atoms with Crippen LogP contribution in [0, 0.1) is 5.92 Å². The number of aromatic nitrogens is 4. The van der Waals surface area contributed by atoms with E-state index in [1.807, 2.05) is 10.2 Å². The average molecular weight is 508 g/mol. The van der Waals surface area contributed by atoms with E-state index in [0.29, 0.717) is 42.3 Å². The Morgan fingerprint density at radius 2 is 1.97 bits per heavy atom. The number of nitrogens with zero attached hydrogens (tertiary/aromatic N) is 5. The second kappa shape index (κ2) is 10.3. The van der Waals surface area contributed by atoms with Crippen molar-refractivity contribution in [3.63, 3.8) is 0 Å². The maximum Gasteiger partial charge on any atom is 0.273 e. The molecule has 1 aromatic carbocycles. The van der Waals surface area contributed by atoms with Crippen LogP contribution in [0.4, 0.5) is 22.9 Å². The van der Waals surface area contributed by atoms with E-state index < -0.39 is 12.9 Å². The van der Waals surface area contributed by atoms with E-state index in [9.17, 15) is 14.7 Å². The maximum absolute atomic E-state index is 12.8. The van der Waals surface area contributed by atoms with Gasteiger partial charge in [0.05, 0.1) is 48.2 Å². The molecule has 1 aliphatic carbocycles. The number of nitrogens with one attached hydrogen (secondary N) is 3. The van der Waals surface area contributed by atoms with Gasteiger partial charge >= 0.3 is 0 Å². The smallest absolute Gasteiger partial charge is 0.273 e. The normalized spacial score (nSPS) is 18.4. The van der Waals surface area contributed by atoms with Crippen LogP contribution in [-0.2, 0) is 4.79 Å². The lowest BCUT2D eigenvalue weighted by Crippen LogP contribution is -2.22. The highest BCUT2D eigenvalue weighted by atomic mass is 16.5. The zero-order valence-corrected chi connectivity index (χ0v) is 20.1. The molecule has 192 valence electrons. The van der Waals surface area contributed by atoms with Gasteiger partial charge in [0.2, 0.25) is 5.91 Å². The minimum atomic E-state index is -2.75. The first kappa shape index (κ1) is 20.8. The molecular formula is C25H28N8O4. The molecule has 1 aliphatic heterocycles. The standard InChI is InChI=1S/C25H28N8O4/c1-26-25(36)21-19(10-20(31-32-21)30-24(35)14-6-7-14)29-18-5-3-4-17(22(18)37-2)23-27-11-15(12-28-23)33-9-8-16(34)13-33/h3-5,10-12,14,16,34H,6-9,13H2,1-2H3,(H,26,36)(H2,29,30,31,35)/t16-/m0/s1/i1D3. The molecule has 3 aromatic rings. The van der Waals surface area contributed by atoms with Crippen LogP contribution in [0.25, 0.3) is 11.4 Å². The van der Waals surface area contributed by atoms with Crippen LogP contribution in [0.2, 0.25) is 0 Å². The van der Waals surface area contributed by atoms with Crippen molar-refractivity contribution in [1.82, 2.24) is 25.5 Å². The summed E-state index contributed by atoms with van der Waals surface area (Å²) in [5.41, 5.74) is 1.56. The van der Waals surface area contributed by atoms with Gasteiger partial charge in [-0.1, -0.05) is 6.07 Å². The predicted molar refractivity (Wildman–Crippen MR) is 137 cm³/mol. The first-order valence-corrected chi connectivity index (χ1v) is 11.8. The van der Waals surface area contributed by atoms with Crippen LogP contribution in [-0.4, -0.2) is 70.4 Å². The molecule has 2 aliphatic rings. The molecule has 1 atom stereocenters. The zero-order chi connectivity index (χ0) is 28.4. The molecule has 0 bridgehead atoms. The Kier molecular flexibility index (Phi) is 5.83. The summed E-state index contributed by atoms with van der Waals surface area (Å²) in [6.07, 6.45) is 5.25. The first-order valence-electron chi connectivity index (χ1n) is 13.3. The van der Waals surface area contributed by atoms with Gasteiger partial charge in [-0.3, -0.25) is 9.59 Å². The topological polar surface area (TPSA) is 154 Å². The lowest BCUT2D eigenvalue weighted by Gasteiger charge is -2.18. The number of amides is 2. The van der Waals surface area contributed by atoms with E-state index in [1.165, 1.54) is 13.2 Å². The van der Waals surface area contributed by atoms with E-state index in [1.54, 1.807) is 30.6 Å². The number of aliphatic hydroxyl groups is 1. The molecule has 0 spiro atoms. The Hall–Kier alpha value is -4.32. The first-order chi connectivity index (χ1) is 19.1. The number of anilines is 4. The third-order valence-corrected chi connectivity index (χ3v) is 6.22. The number of rotatable bonds is 8. The van der Waals surface area contributed by atoms with Crippen molar-refractivity contribution in [2.24, 2.45) is 5.92 Å². The molecule has 5 rings (SSSR count). The van der Waals surface area contributed by atoms with E-state index >= 15 is 0 Å². The maximum atomic E-state index is 12.8. The van der Waals surface area contributed by atoms with Crippen LogP contribution in [0.5, 0.6) is 5.75 Å². The molecule has 2 aromatic heterocycles. The number of ether oxygens (including phenoxy) is 1. The van der Waals surface area contributed by atoms with Gasteiger partial charge in [0.25, 0.3) is 5.91 Å². The number of carbonyl (C=O) groups excluding carboxylic acids is 2. The molecule has 0 unspecified atom stereocenters. The number of benzene rings is 1. The van der Waals surface area contributed by atoms with E-state index in [4.69, 9.17) is 8.85 Å². The van der Waals surface area contributed by atoms with Crippen LogP contribution in [0.15, 0.2) is 36.7 Å². The summed E-state index contributed by atoms with van der Waals surface area (Å²) >= 11 is 0. The predicted octanol–water partition coefficient (Wildman–Crippen LogP) is 1.96. The summed E-state index contributed by atoms with van der Waals surface area (Å²) in [4.78, 5) is 36.0. The highest BCUT2D eigenvalue weighted by molar-refractivity contribution is 6.00. The second-order valence-corrected chi connectivity index (χ2v) is 8.87. The Balaban J connectivity index is 1.46. The van der Waals surface area contributed by atoms with Gasteiger partial charge in [0.1, 0.15) is 0 Å². The van der Waals surface area contributed by atoms with Crippen molar-refractivity contribution >= 4 is 34.7 Å². The molecule has 0 radical (unpaired) electrons. The summed E-state index contributed by atoms with van der Waals surface area (Å²) in [6, 6.07) is 6.61. The van der Waals surface area contributed by atoms with Crippen LogP contribution in [0.1, 0.15) is 33.9 Å². The van der Waals surface area contributed by atoms with Crippen LogP contribution in [0.3, 0.4) is 0 Å². The summed E-state index contributed by atoms with van der Waals surface area (Å²) < 4.78 is 27.8. The van der Waals surface area contributed by atoms with Gasteiger partial charge in [-0.2, -0.15) is 0 Å². The Bertz CT molecular complexity index is 1420. The van der Waals surface area contributed by atoms with Crippen LogP contribution >= 0.6 is 0 Å². The summed E-state index contributed by atoms with van der Waals surface area (Å²) in [5, 5.41) is 25.3. The highest BCUT2D eigenvalue weighted by Crippen LogP contribution is 2.37. The molecule has 4 N–H and O–H groups in total. The molecule has 1 saturated heterocycles. The average Bonchev–Trinajstić information content (AvgIpc) is 3.68. The highest BCUT2D eigenvalue weighted by Gasteiger charge is 2.30. The SMILES string of the molecule is [2H]C([2H])([2H])NC(=O)c1nnc(NC(=O)C2CC2)cc1Nc1cccc(-c2ncc(N3CC[C@H](O)C3)cn2)c1OC. The van der Waals surface area contributed by atoms with Gasteiger partial charge < -0.3 is 30.7 Å². The number of methoxy groups -OCH3 is 1. The fraction of sp³-hybridized carbons (Fsp3) is 0.360. The molecule has 12 nitrogen and oxygen atoms in total. The number of β-amino-alcohol motifs (C(OH)–C–C–N with tert-alkyl or cyclic N) is 1. The summed E-state index contributed by atoms with van der Waals surface area (Å²) in [7, 11) is 1.47. The van der Waals surface area contributed by atoms with Gasteiger partial charge in [0.15, 0.2) is 23.1 Å². The third kappa shape index (κ3) is 5.28. The monoisotopic (exact) mass is 507 g/mol. The molecule has 37 heavy (non-hydrogen) atoms. The summed E-state index contributed by atoms with van der Waals surface area (Å²) in [5.74, 6) is -0.426. The fourth-order valence-electron chi connectivity index (χ4n) is 4.13. The number of aliphatic hydroxyl groups excluding tert-OH is 1. The number of hydrogen-bond acceptors (Lipinski definition) is 10. The van der Waals surface area contributed by atoms with E-state index in [2.05, 4.69) is 30.8 Å². The molecule has 2 amide bonds. The van der Waals surface area contributed by atoms with Gasteiger partial charge in [-0.05, 0) is 31.4 Å². The minimum Gasteiger partial charge on any atom is -0.494 e. The zero-order valence-electron chi connectivity index (χ0n) is 23.1. The number of para-hydroxylation sites is 1. The van der Waals surface area contributed by atoms with Crippen LogP contribution < -0.4 is 25.6 Å². The Morgan fingerprint density at radius 3 is 2.65 bits per heavy atom. The lowest BCUT2D eigenvalue weighted by atomic mass is 10.1. The quantitative estimate of drug-likeness (QED) is 0.356. The Labute approximate surface area is 217 Å². The molecular weight excluding hydrogens is 476 g/mol. The lowest BCUT2D eigenvalue weighted by molar-refractivity contribution is -0.117. The third-order valence-electron chi connectivity index (χ3n) is 6.22. The van der Waals surface area contributed by atoms with Crippen molar-refractivity contribution in [3.05, 3.63) is 42.4 Å². The largest absolute Gasteiger partial charge is 0.494 e. The second-order valence-electron chi connectivity index (χ2n) is 8.87. The van der Waals surface area contributed by atoms with Crippen molar-refractivity contribution in [2.75, 3.05) is 42.7 Å². The fourth-order valence-corrected chi connectivity index (χ4v) is 4.13. The molecule has 1 saturated carbocycles. The number of carbonyl (C=O) groups is 2. The molecule has 12 heteroatoms.